The topological polar surface area (TPSA) is 140 Å². The molecular formula is C27H44O8. The van der Waals surface area contributed by atoms with Crippen LogP contribution < -0.4 is 0 Å². The van der Waals surface area contributed by atoms with Crippen LogP contribution in [-0.4, -0.2) is 85.3 Å². The van der Waals surface area contributed by atoms with Gasteiger partial charge in [0.05, 0.1) is 24.9 Å². The van der Waals surface area contributed by atoms with Crippen molar-refractivity contribution in [1.82, 2.24) is 0 Å². The standard InChI is InChI=1S/C27H44O8/c1-12-5-8-26(34-11-12)13(2)19-17(35-26)10-16-14-9-18(28)27(33)23(32)21(30)20(29)22(31)25(27,4)15(14)6-7-24(16,19)3/h12-23,28-33H,5-11H2,1-4H3/t12-,13+,14-,15+,16+,17?,18-,19?,20-,21+,22-,23+,24+,25+,26-,27+/m1/s1. The lowest BCUT2D eigenvalue weighted by molar-refractivity contribution is -0.350. The van der Waals surface area contributed by atoms with Gasteiger partial charge in [-0.25, -0.2) is 0 Å². The Morgan fingerprint density at radius 3 is 2.17 bits per heavy atom. The summed E-state index contributed by atoms with van der Waals surface area (Å²) in [5, 5.41) is 66.0. The number of rotatable bonds is 0. The van der Waals surface area contributed by atoms with Crippen LogP contribution in [0.3, 0.4) is 0 Å². The fourth-order valence-electron chi connectivity index (χ4n) is 10.4. The van der Waals surface area contributed by atoms with Crippen molar-refractivity contribution in [3.8, 4) is 0 Å². The number of aliphatic hydroxyl groups is 6. The molecule has 0 amide bonds. The van der Waals surface area contributed by atoms with E-state index in [1.54, 1.807) is 6.92 Å². The molecule has 1 spiro atoms. The van der Waals surface area contributed by atoms with E-state index in [9.17, 15) is 30.6 Å². The van der Waals surface area contributed by atoms with Gasteiger partial charge in [-0.1, -0.05) is 27.7 Å². The summed E-state index contributed by atoms with van der Waals surface area (Å²) in [5.41, 5.74) is -3.49. The largest absolute Gasteiger partial charge is 0.390 e. The predicted molar refractivity (Wildman–Crippen MR) is 125 cm³/mol. The van der Waals surface area contributed by atoms with Crippen LogP contribution in [0, 0.1) is 46.3 Å². The van der Waals surface area contributed by atoms with Crippen LogP contribution in [0.2, 0.25) is 0 Å². The second kappa shape index (κ2) is 7.63. The molecule has 6 fully saturated rings. The molecule has 8 heteroatoms. The third-order valence-corrected chi connectivity index (χ3v) is 12.4. The van der Waals surface area contributed by atoms with Crippen molar-refractivity contribution < 1.29 is 40.1 Å². The van der Waals surface area contributed by atoms with Crippen molar-refractivity contribution in [3.05, 3.63) is 0 Å². The Balaban J connectivity index is 1.33. The van der Waals surface area contributed by atoms with Crippen molar-refractivity contribution in [2.45, 2.75) is 114 Å². The van der Waals surface area contributed by atoms with Gasteiger partial charge in [-0.3, -0.25) is 0 Å². The quantitative estimate of drug-likeness (QED) is 0.289. The molecule has 2 saturated heterocycles. The molecule has 0 bridgehead atoms. The highest BCUT2D eigenvalue weighted by molar-refractivity contribution is 5.25. The zero-order valence-electron chi connectivity index (χ0n) is 21.4. The van der Waals surface area contributed by atoms with Gasteiger partial charge in [-0.15, -0.1) is 0 Å². The average Bonchev–Trinajstić information content (AvgIpc) is 3.27. The zero-order valence-corrected chi connectivity index (χ0v) is 21.4. The summed E-state index contributed by atoms with van der Waals surface area (Å²) >= 11 is 0. The first-order valence-corrected chi connectivity index (χ1v) is 13.8. The fraction of sp³-hybridized carbons (Fsp3) is 1.00. The van der Waals surface area contributed by atoms with Crippen LogP contribution >= 0.6 is 0 Å². The number of hydrogen-bond acceptors (Lipinski definition) is 8. The van der Waals surface area contributed by atoms with Crippen molar-refractivity contribution >= 4 is 0 Å². The number of fused-ring (bicyclic) bond motifs is 7. The lowest BCUT2D eigenvalue weighted by atomic mass is 9.40. The number of aliphatic hydroxyl groups excluding tert-OH is 5. The maximum absolute atomic E-state index is 11.7. The Morgan fingerprint density at radius 2 is 1.51 bits per heavy atom. The average molecular weight is 497 g/mol. The summed E-state index contributed by atoms with van der Waals surface area (Å²) in [7, 11) is 0. The summed E-state index contributed by atoms with van der Waals surface area (Å²) in [6.45, 7) is 9.25. The SMILES string of the molecule is C[C@@H]1CC[C@@]2(OC1)OC1C[C@H]3[C@@H]4C[C@@H](O)[C@]5(O)[C@@H](O)[C@@H](O)[C@@H](O)[C@@H](O)[C@]5(C)[C@H]4CC[C@]3(C)C1[C@@H]2C. The molecule has 2 heterocycles. The van der Waals surface area contributed by atoms with Crippen LogP contribution in [0.1, 0.15) is 66.2 Å². The molecule has 200 valence electrons. The molecule has 4 saturated carbocycles. The lowest BCUT2D eigenvalue weighted by Crippen LogP contribution is -2.81. The molecule has 6 N–H and O–H groups in total. The van der Waals surface area contributed by atoms with E-state index in [0.29, 0.717) is 18.3 Å². The molecule has 2 aliphatic heterocycles. The summed E-state index contributed by atoms with van der Waals surface area (Å²) in [5.74, 6) is 0.648. The van der Waals surface area contributed by atoms with Gasteiger partial charge in [0, 0.05) is 17.8 Å². The van der Waals surface area contributed by atoms with Crippen molar-refractivity contribution in [3.63, 3.8) is 0 Å². The maximum atomic E-state index is 11.7. The van der Waals surface area contributed by atoms with Gasteiger partial charge in [0.1, 0.15) is 23.9 Å². The van der Waals surface area contributed by atoms with E-state index in [2.05, 4.69) is 20.8 Å². The third kappa shape index (κ3) is 2.81. The van der Waals surface area contributed by atoms with Crippen LogP contribution in [-0.2, 0) is 9.47 Å². The van der Waals surface area contributed by atoms with Gasteiger partial charge in [0.2, 0.25) is 0 Å². The molecule has 16 atom stereocenters. The molecule has 0 aromatic carbocycles. The summed E-state index contributed by atoms with van der Waals surface area (Å²) in [6.07, 6.45) is -3.03. The van der Waals surface area contributed by atoms with Crippen molar-refractivity contribution in [2.75, 3.05) is 6.61 Å². The molecule has 0 aromatic heterocycles. The minimum Gasteiger partial charge on any atom is -0.390 e. The monoisotopic (exact) mass is 496 g/mol. The highest BCUT2D eigenvalue weighted by atomic mass is 16.7. The Bertz CT molecular complexity index is 860. The van der Waals surface area contributed by atoms with Gasteiger partial charge in [0.25, 0.3) is 0 Å². The second-order valence-electron chi connectivity index (χ2n) is 13.6. The van der Waals surface area contributed by atoms with Gasteiger partial charge in [-0.2, -0.15) is 0 Å². The zero-order chi connectivity index (χ0) is 25.3. The highest BCUT2D eigenvalue weighted by Crippen LogP contribution is 2.71. The molecular weight excluding hydrogens is 452 g/mol. The maximum Gasteiger partial charge on any atom is 0.171 e. The molecule has 35 heavy (non-hydrogen) atoms. The summed E-state index contributed by atoms with van der Waals surface area (Å²) in [6, 6.07) is 0. The first-order chi connectivity index (χ1) is 16.3. The van der Waals surface area contributed by atoms with Gasteiger partial charge in [0.15, 0.2) is 5.79 Å². The fourth-order valence-corrected chi connectivity index (χ4v) is 10.4. The van der Waals surface area contributed by atoms with Gasteiger partial charge >= 0.3 is 0 Å². The Hall–Kier alpha value is -0.320. The lowest BCUT2D eigenvalue weighted by Gasteiger charge is -2.68. The minimum absolute atomic E-state index is 0.00274. The molecule has 6 rings (SSSR count). The van der Waals surface area contributed by atoms with Crippen LogP contribution in [0.25, 0.3) is 0 Å². The van der Waals surface area contributed by atoms with Crippen molar-refractivity contribution in [2.24, 2.45) is 46.3 Å². The Morgan fingerprint density at radius 1 is 0.829 bits per heavy atom. The first kappa shape index (κ1) is 25.0. The molecule has 2 unspecified atom stereocenters. The Labute approximate surface area is 207 Å². The molecule has 8 nitrogen and oxygen atoms in total. The van der Waals surface area contributed by atoms with E-state index in [1.807, 2.05) is 0 Å². The van der Waals surface area contributed by atoms with E-state index in [4.69, 9.17) is 9.47 Å². The minimum atomic E-state index is -2.10. The predicted octanol–water partition coefficient (Wildman–Crippen LogP) is 0.792. The highest BCUT2D eigenvalue weighted by Gasteiger charge is 2.76. The normalized spacial score (nSPS) is 66.0. The molecule has 4 aliphatic carbocycles. The van der Waals surface area contributed by atoms with Gasteiger partial charge < -0.3 is 40.1 Å². The summed E-state index contributed by atoms with van der Waals surface area (Å²) < 4.78 is 13.1. The second-order valence-corrected chi connectivity index (χ2v) is 13.6. The van der Waals surface area contributed by atoms with Crippen LogP contribution in [0.4, 0.5) is 0 Å². The third-order valence-electron chi connectivity index (χ3n) is 12.4. The summed E-state index contributed by atoms with van der Waals surface area (Å²) in [4.78, 5) is 0. The smallest absolute Gasteiger partial charge is 0.171 e. The molecule has 0 radical (unpaired) electrons. The van der Waals surface area contributed by atoms with Crippen molar-refractivity contribution in [1.29, 1.82) is 0 Å². The Kier molecular flexibility index (Phi) is 5.44. The number of ether oxygens (including phenoxy) is 2. The number of hydrogen-bond donors (Lipinski definition) is 6. The van der Waals surface area contributed by atoms with Crippen LogP contribution in [0.5, 0.6) is 0 Å². The van der Waals surface area contributed by atoms with Gasteiger partial charge in [-0.05, 0) is 67.1 Å². The molecule has 6 aliphatic rings. The van der Waals surface area contributed by atoms with E-state index >= 15 is 0 Å². The first-order valence-electron chi connectivity index (χ1n) is 13.8. The van der Waals surface area contributed by atoms with E-state index < -0.39 is 47.3 Å². The van der Waals surface area contributed by atoms with E-state index in [1.165, 1.54) is 0 Å². The van der Waals surface area contributed by atoms with E-state index in [-0.39, 0.29) is 41.6 Å². The van der Waals surface area contributed by atoms with E-state index in [0.717, 1.165) is 32.3 Å². The molecule has 0 aromatic rings. The van der Waals surface area contributed by atoms with Crippen LogP contribution in [0.15, 0.2) is 0 Å².